The van der Waals surface area contributed by atoms with Gasteiger partial charge in [-0.05, 0) is 63.1 Å². The maximum absolute atomic E-state index is 13.5. The van der Waals surface area contributed by atoms with Crippen molar-refractivity contribution in [2.45, 2.75) is 71.5 Å². The van der Waals surface area contributed by atoms with Crippen LogP contribution in [0.5, 0.6) is 0 Å². The average molecular weight is 429 g/mol. The number of hydrogen-bond acceptors (Lipinski definition) is 5. The van der Waals surface area contributed by atoms with E-state index in [0.29, 0.717) is 17.5 Å². The number of benzene rings is 1. The zero-order valence-corrected chi connectivity index (χ0v) is 18.7. The third-order valence-electron chi connectivity index (χ3n) is 6.46. The van der Waals surface area contributed by atoms with Gasteiger partial charge in [0, 0.05) is 24.7 Å². The van der Waals surface area contributed by atoms with Crippen LogP contribution in [0.15, 0.2) is 35.1 Å². The second-order valence-electron chi connectivity index (χ2n) is 8.38. The number of halogens is 1. The molecule has 2 aromatic heterocycles. The number of aromatic nitrogens is 3. The second kappa shape index (κ2) is 8.94. The van der Waals surface area contributed by atoms with E-state index in [1.54, 1.807) is 6.07 Å². The topological polar surface area (TPSA) is 50.5 Å². The average Bonchev–Trinajstić information content (AvgIpc) is 3.13. The fraction of sp³-hybridized carbons (Fsp3) is 0.522. The second-order valence-corrected chi connectivity index (χ2v) is 9.54. The Balaban J connectivity index is 1.64. The highest BCUT2D eigenvalue weighted by atomic mass is 32.1. The van der Waals surface area contributed by atoms with Crippen molar-refractivity contribution in [3.05, 3.63) is 62.8 Å². The lowest BCUT2D eigenvalue weighted by atomic mass is 9.83. The van der Waals surface area contributed by atoms with Crippen LogP contribution in [0.25, 0.3) is 4.96 Å². The Hall–Kier alpha value is -2.12. The van der Waals surface area contributed by atoms with Gasteiger partial charge in [-0.1, -0.05) is 36.8 Å². The van der Waals surface area contributed by atoms with Crippen molar-refractivity contribution in [3.8, 4) is 0 Å². The van der Waals surface area contributed by atoms with Gasteiger partial charge >= 0.3 is 0 Å². The molecule has 1 aliphatic carbocycles. The molecule has 30 heavy (non-hydrogen) atoms. The molecule has 0 aliphatic heterocycles. The van der Waals surface area contributed by atoms with E-state index in [-0.39, 0.29) is 17.4 Å². The van der Waals surface area contributed by atoms with Crippen LogP contribution >= 0.6 is 11.3 Å². The molecule has 5 nitrogen and oxygen atoms in total. The molecule has 0 saturated heterocycles. The third kappa shape index (κ3) is 4.47. The molecule has 2 heterocycles. The molecule has 0 N–H and O–H groups in total. The maximum atomic E-state index is 13.5. The largest absolute Gasteiger partial charge is 0.288 e. The molecule has 1 aromatic carbocycles. The number of nitrogens with zero attached hydrogens (tertiary/aromatic N) is 4. The van der Waals surface area contributed by atoms with Gasteiger partial charge < -0.3 is 0 Å². The molecule has 7 heteroatoms. The lowest BCUT2D eigenvalue weighted by molar-refractivity contribution is 0.0877. The molecule has 0 amide bonds. The summed E-state index contributed by atoms with van der Waals surface area (Å²) < 4.78 is 14.8. The molecular weight excluding hydrogens is 399 g/mol. The summed E-state index contributed by atoms with van der Waals surface area (Å²) in [7, 11) is 0. The van der Waals surface area contributed by atoms with Crippen molar-refractivity contribution in [1.29, 1.82) is 0 Å². The van der Waals surface area contributed by atoms with Gasteiger partial charge in [0.1, 0.15) is 10.8 Å². The van der Waals surface area contributed by atoms with Gasteiger partial charge in [-0.3, -0.25) is 9.69 Å². The van der Waals surface area contributed by atoms with Crippen LogP contribution in [0.1, 0.15) is 68.3 Å². The Labute approximate surface area is 180 Å². The van der Waals surface area contributed by atoms with E-state index in [4.69, 9.17) is 4.98 Å². The van der Waals surface area contributed by atoms with E-state index in [1.165, 1.54) is 47.2 Å². The summed E-state index contributed by atoms with van der Waals surface area (Å²) in [5.74, 6) is 0.588. The molecular formula is C23H29FN4OS. The standard InChI is InChI=1S/C23H29FN4OS/c1-4-17-5-11-21(12-6-17)27(15(2)18-7-9-19(24)10-8-18)14-20-13-22(29)28-23(25-20)30-16(3)26-28/h7-10,13,15,17,21H,4-6,11-12,14H2,1-3H3/t15-,17?,21?/m0/s1. The summed E-state index contributed by atoms with van der Waals surface area (Å²) in [4.78, 5) is 20.4. The van der Waals surface area contributed by atoms with E-state index in [1.807, 2.05) is 19.1 Å². The van der Waals surface area contributed by atoms with Crippen LogP contribution < -0.4 is 5.56 Å². The number of hydrogen-bond donors (Lipinski definition) is 0. The Bertz CT molecular complexity index is 1050. The summed E-state index contributed by atoms with van der Waals surface area (Å²) >= 11 is 1.43. The van der Waals surface area contributed by atoms with Gasteiger partial charge in [-0.2, -0.15) is 9.61 Å². The highest BCUT2D eigenvalue weighted by molar-refractivity contribution is 7.16. The normalized spacial score (nSPS) is 20.7. The highest BCUT2D eigenvalue weighted by Crippen LogP contribution is 2.34. The first-order valence-corrected chi connectivity index (χ1v) is 11.6. The molecule has 160 valence electrons. The van der Waals surface area contributed by atoms with Crippen molar-refractivity contribution in [3.63, 3.8) is 0 Å². The minimum absolute atomic E-state index is 0.109. The van der Waals surface area contributed by atoms with E-state index in [0.717, 1.165) is 35.0 Å². The Morgan fingerprint density at radius 3 is 2.60 bits per heavy atom. The summed E-state index contributed by atoms with van der Waals surface area (Å²) in [6, 6.07) is 8.91. The number of aryl methyl sites for hydroxylation is 1. The maximum Gasteiger partial charge on any atom is 0.275 e. The van der Waals surface area contributed by atoms with Crippen LogP contribution in [0.2, 0.25) is 0 Å². The van der Waals surface area contributed by atoms with Gasteiger partial charge in [0.25, 0.3) is 5.56 Å². The molecule has 0 spiro atoms. The zero-order valence-electron chi connectivity index (χ0n) is 17.8. The van der Waals surface area contributed by atoms with E-state index in [2.05, 4.69) is 23.8 Å². The zero-order chi connectivity index (χ0) is 21.3. The Morgan fingerprint density at radius 1 is 1.23 bits per heavy atom. The minimum atomic E-state index is -0.221. The van der Waals surface area contributed by atoms with Crippen LogP contribution in [0.4, 0.5) is 4.39 Å². The molecule has 1 aliphatic rings. The number of rotatable bonds is 6. The summed E-state index contributed by atoms with van der Waals surface area (Å²) in [6.07, 6.45) is 5.99. The number of fused-ring (bicyclic) bond motifs is 1. The Morgan fingerprint density at radius 2 is 1.93 bits per heavy atom. The first-order chi connectivity index (χ1) is 14.4. The lowest BCUT2D eigenvalue weighted by Crippen LogP contribution is -2.40. The van der Waals surface area contributed by atoms with Crippen molar-refractivity contribution >= 4 is 16.3 Å². The van der Waals surface area contributed by atoms with Gasteiger partial charge in [0.15, 0.2) is 0 Å². The molecule has 1 atom stereocenters. The predicted octanol–water partition coefficient (Wildman–Crippen LogP) is 5.13. The predicted molar refractivity (Wildman–Crippen MR) is 118 cm³/mol. The van der Waals surface area contributed by atoms with Crippen LogP contribution in [-0.4, -0.2) is 25.5 Å². The van der Waals surface area contributed by atoms with Gasteiger partial charge in [0.05, 0.1) is 5.69 Å². The van der Waals surface area contributed by atoms with Crippen LogP contribution in [-0.2, 0) is 6.54 Å². The molecule has 1 fully saturated rings. The van der Waals surface area contributed by atoms with Gasteiger partial charge in [-0.25, -0.2) is 9.37 Å². The van der Waals surface area contributed by atoms with Crippen LogP contribution in [0, 0.1) is 18.7 Å². The van der Waals surface area contributed by atoms with Gasteiger partial charge in [-0.15, -0.1) is 0 Å². The van der Waals surface area contributed by atoms with E-state index in [9.17, 15) is 9.18 Å². The molecule has 0 bridgehead atoms. The first-order valence-electron chi connectivity index (χ1n) is 10.8. The van der Waals surface area contributed by atoms with E-state index < -0.39 is 0 Å². The fourth-order valence-corrected chi connectivity index (χ4v) is 5.39. The monoisotopic (exact) mass is 428 g/mol. The van der Waals surface area contributed by atoms with Gasteiger partial charge in [0.2, 0.25) is 4.96 Å². The highest BCUT2D eigenvalue weighted by Gasteiger charge is 2.29. The fourth-order valence-electron chi connectivity index (χ4n) is 4.62. The molecule has 0 unspecified atom stereocenters. The third-order valence-corrected chi connectivity index (χ3v) is 7.28. The Kier molecular flexibility index (Phi) is 6.29. The summed E-state index contributed by atoms with van der Waals surface area (Å²) in [5, 5.41) is 5.07. The van der Waals surface area contributed by atoms with Crippen molar-refractivity contribution in [2.24, 2.45) is 5.92 Å². The molecule has 1 saturated carbocycles. The van der Waals surface area contributed by atoms with Crippen molar-refractivity contribution < 1.29 is 4.39 Å². The molecule has 3 aromatic rings. The smallest absolute Gasteiger partial charge is 0.275 e. The molecule has 0 radical (unpaired) electrons. The van der Waals surface area contributed by atoms with Crippen molar-refractivity contribution in [1.82, 2.24) is 19.5 Å². The van der Waals surface area contributed by atoms with Crippen molar-refractivity contribution in [2.75, 3.05) is 0 Å². The molecule has 4 rings (SSSR count). The quantitative estimate of drug-likeness (QED) is 0.546. The minimum Gasteiger partial charge on any atom is -0.288 e. The summed E-state index contributed by atoms with van der Waals surface area (Å²) in [6.45, 7) is 6.92. The van der Waals surface area contributed by atoms with E-state index >= 15 is 0 Å². The SMILES string of the molecule is CCC1CCC(N(Cc2cc(=O)n3nc(C)sc3n2)[C@@H](C)c2ccc(F)cc2)CC1. The lowest BCUT2D eigenvalue weighted by Gasteiger charge is -2.40. The first kappa shape index (κ1) is 21.1. The van der Waals surface area contributed by atoms with Crippen LogP contribution in [0.3, 0.4) is 0 Å². The summed E-state index contributed by atoms with van der Waals surface area (Å²) in [5.41, 5.74) is 1.72.